The fourth-order valence-electron chi connectivity index (χ4n) is 2.28. The first-order valence-electron chi connectivity index (χ1n) is 6.07. The molecule has 7 heteroatoms. The number of carboxylic acid groups (broad SMARTS) is 1. The Labute approximate surface area is 114 Å². The van der Waals surface area contributed by atoms with E-state index in [9.17, 15) is 4.79 Å². The Morgan fingerprint density at radius 2 is 2.00 bits per heavy atom. The highest BCUT2D eigenvalue weighted by Gasteiger charge is 2.18. The van der Waals surface area contributed by atoms with Gasteiger partial charge in [-0.15, -0.1) is 10.2 Å². The molecule has 0 spiro atoms. The molecule has 0 bridgehead atoms. The van der Waals surface area contributed by atoms with Crippen molar-refractivity contribution in [3.05, 3.63) is 35.3 Å². The van der Waals surface area contributed by atoms with Crippen LogP contribution in [0.1, 0.15) is 21.7 Å². The maximum absolute atomic E-state index is 11.1. The van der Waals surface area contributed by atoms with Crippen LogP contribution in [0.4, 0.5) is 0 Å². The lowest BCUT2D eigenvalue weighted by Crippen LogP contribution is -2.00. The van der Waals surface area contributed by atoms with Crippen molar-refractivity contribution >= 4 is 11.6 Å². The van der Waals surface area contributed by atoms with E-state index in [-0.39, 0.29) is 5.56 Å². The van der Waals surface area contributed by atoms with Crippen molar-refractivity contribution in [2.75, 3.05) is 0 Å². The third-order valence-corrected chi connectivity index (χ3v) is 3.38. The molecule has 0 unspecified atom stereocenters. The van der Waals surface area contributed by atoms with Gasteiger partial charge in [0.25, 0.3) is 0 Å². The average Bonchev–Trinajstić information content (AvgIpc) is 2.91. The van der Waals surface area contributed by atoms with E-state index in [4.69, 9.17) is 5.11 Å². The highest BCUT2D eigenvalue weighted by molar-refractivity contribution is 5.87. The van der Waals surface area contributed by atoms with Crippen molar-refractivity contribution in [3.63, 3.8) is 0 Å². The molecule has 0 aliphatic carbocycles. The van der Waals surface area contributed by atoms with Crippen molar-refractivity contribution in [3.8, 4) is 11.4 Å². The fourth-order valence-corrected chi connectivity index (χ4v) is 2.28. The molecule has 3 aromatic heterocycles. The maximum atomic E-state index is 11.1. The summed E-state index contributed by atoms with van der Waals surface area (Å²) >= 11 is 0. The molecular formula is C13H13N5O2. The summed E-state index contributed by atoms with van der Waals surface area (Å²) in [5, 5.41) is 21.7. The molecule has 7 nitrogen and oxygen atoms in total. The van der Waals surface area contributed by atoms with Gasteiger partial charge in [0.2, 0.25) is 0 Å². The summed E-state index contributed by atoms with van der Waals surface area (Å²) in [5.74, 6) is -0.377. The van der Waals surface area contributed by atoms with Gasteiger partial charge in [0.05, 0.1) is 16.8 Å². The lowest BCUT2D eigenvalue weighted by atomic mass is 10.2. The first-order chi connectivity index (χ1) is 9.49. The fraction of sp³-hybridized carbons (Fsp3) is 0.231. The molecule has 3 heterocycles. The average molecular weight is 271 g/mol. The summed E-state index contributed by atoms with van der Waals surface area (Å²) in [4.78, 5) is 11.1. The molecular weight excluding hydrogens is 258 g/mol. The van der Waals surface area contributed by atoms with E-state index in [1.165, 1.54) is 12.3 Å². The summed E-state index contributed by atoms with van der Waals surface area (Å²) in [5.41, 5.74) is 3.46. The van der Waals surface area contributed by atoms with Crippen LogP contribution in [0.5, 0.6) is 0 Å². The molecule has 0 saturated heterocycles. The van der Waals surface area contributed by atoms with Crippen molar-refractivity contribution in [1.29, 1.82) is 0 Å². The maximum Gasteiger partial charge on any atom is 0.337 e. The Kier molecular flexibility index (Phi) is 2.56. The number of carboxylic acids is 1. The molecule has 0 saturated carbocycles. The van der Waals surface area contributed by atoms with Gasteiger partial charge in [-0.05, 0) is 26.0 Å². The number of aromatic nitrogens is 5. The predicted octanol–water partition coefficient (Wildman–Crippen LogP) is 1.44. The van der Waals surface area contributed by atoms with Gasteiger partial charge in [0, 0.05) is 18.9 Å². The molecule has 1 N–H and O–H groups in total. The Bertz CT molecular complexity index is 831. The lowest BCUT2D eigenvalue weighted by molar-refractivity contribution is 0.0696. The van der Waals surface area contributed by atoms with Crippen LogP contribution in [0.25, 0.3) is 17.0 Å². The van der Waals surface area contributed by atoms with Gasteiger partial charge in [0.1, 0.15) is 0 Å². The van der Waals surface area contributed by atoms with E-state index >= 15 is 0 Å². The molecule has 0 aliphatic rings. The summed E-state index contributed by atoms with van der Waals surface area (Å²) in [6.07, 6.45) is 1.53. The van der Waals surface area contributed by atoms with Crippen molar-refractivity contribution in [2.24, 2.45) is 7.05 Å². The molecule has 0 atom stereocenters. The normalized spacial score (nSPS) is 11.2. The number of aryl methyl sites for hydroxylation is 2. The van der Waals surface area contributed by atoms with Crippen LogP contribution >= 0.6 is 0 Å². The van der Waals surface area contributed by atoms with E-state index in [0.717, 1.165) is 17.0 Å². The van der Waals surface area contributed by atoms with Crippen LogP contribution in [0, 0.1) is 13.8 Å². The van der Waals surface area contributed by atoms with Crippen LogP contribution in [0.3, 0.4) is 0 Å². The standard InChI is InChI=1S/C13H13N5O2/c1-7-11(8(2)17(3)16-7)12-15-14-10-5-4-9(13(19)20)6-18(10)12/h4-6H,1-3H3,(H,19,20). The smallest absolute Gasteiger partial charge is 0.337 e. The number of carbonyl (C=O) groups is 1. The second kappa shape index (κ2) is 4.16. The van der Waals surface area contributed by atoms with Crippen molar-refractivity contribution in [2.45, 2.75) is 13.8 Å². The Hall–Kier alpha value is -2.70. The number of nitrogens with zero attached hydrogens (tertiary/aromatic N) is 5. The zero-order chi connectivity index (χ0) is 14.4. The number of hydrogen-bond acceptors (Lipinski definition) is 4. The molecule has 0 amide bonds. The molecule has 0 fully saturated rings. The molecule has 3 rings (SSSR count). The number of rotatable bonds is 2. The van der Waals surface area contributed by atoms with E-state index in [1.54, 1.807) is 15.1 Å². The number of fused-ring (bicyclic) bond motifs is 1. The minimum atomic E-state index is -0.980. The van der Waals surface area contributed by atoms with E-state index in [1.807, 2.05) is 20.9 Å². The van der Waals surface area contributed by atoms with Gasteiger partial charge >= 0.3 is 5.97 Å². The summed E-state index contributed by atoms with van der Waals surface area (Å²) in [7, 11) is 1.86. The third-order valence-electron chi connectivity index (χ3n) is 3.38. The summed E-state index contributed by atoms with van der Waals surface area (Å²) in [6.45, 7) is 3.84. The quantitative estimate of drug-likeness (QED) is 0.762. The predicted molar refractivity (Wildman–Crippen MR) is 71.6 cm³/mol. The monoisotopic (exact) mass is 271 g/mol. The second-order valence-electron chi connectivity index (χ2n) is 4.64. The molecule has 0 radical (unpaired) electrons. The van der Waals surface area contributed by atoms with Crippen LogP contribution < -0.4 is 0 Å². The van der Waals surface area contributed by atoms with Gasteiger partial charge in [-0.2, -0.15) is 5.10 Å². The first-order valence-corrected chi connectivity index (χ1v) is 6.07. The lowest BCUT2D eigenvalue weighted by Gasteiger charge is -2.02. The zero-order valence-electron chi connectivity index (χ0n) is 11.3. The van der Waals surface area contributed by atoms with Gasteiger partial charge in [-0.1, -0.05) is 0 Å². The van der Waals surface area contributed by atoms with Crippen LogP contribution in [0.15, 0.2) is 18.3 Å². The summed E-state index contributed by atoms with van der Waals surface area (Å²) < 4.78 is 3.45. The molecule has 0 aliphatic heterocycles. The van der Waals surface area contributed by atoms with E-state index < -0.39 is 5.97 Å². The van der Waals surface area contributed by atoms with E-state index in [2.05, 4.69) is 15.3 Å². The Morgan fingerprint density at radius 3 is 2.60 bits per heavy atom. The van der Waals surface area contributed by atoms with Gasteiger partial charge in [-0.25, -0.2) is 4.79 Å². The third kappa shape index (κ3) is 1.67. The topological polar surface area (TPSA) is 85.3 Å². The van der Waals surface area contributed by atoms with Gasteiger partial charge in [-0.3, -0.25) is 9.08 Å². The molecule has 3 aromatic rings. The largest absolute Gasteiger partial charge is 0.478 e. The molecule has 0 aromatic carbocycles. The number of pyridine rings is 1. The Morgan fingerprint density at radius 1 is 1.25 bits per heavy atom. The minimum Gasteiger partial charge on any atom is -0.478 e. The van der Waals surface area contributed by atoms with Crippen molar-refractivity contribution in [1.82, 2.24) is 24.4 Å². The van der Waals surface area contributed by atoms with Crippen molar-refractivity contribution < 1.29 is 9.90 Å². The number of aromatic carboxylic acids is 1. The highest BCUT2D eigenvalue weighted by Crippen LogP contribution is 2.25. The van der Waals surface area contributed by atoms with Crippen LogP contribution in [-0.2, 0) is 7.05 Å². The van der Waals surface area contributed by atoms with Crippen LogP contribution in [-0.4, -0.2) is 35.5 Å². The second-order valence-corrected chi connectivity index (χ2v) is 4.64. The van der Waals surface area contributed by atoms with Crippen LogP contribution in [0.2, 0.25) is 0 Å². The Balaban J connectivity index is 2.31. The first kappa shape index (κ1) is 12.3. The minimum absolute atomic E-state index is 0.192. The SMILES string of the molecule is Cc1nn(C)c(C)c1-c1nnc2ccc(C(=O)O)cn12. The highest BCUT2D eigenvalue weighted by atomic mass is 16.4. The molecule has 20 heavy (non-hydrogen) atoms. The zero-order valence-corrected chi connectivity index (χ0v) is 11.3. The van der Waals surface area contributed by atoms with E-state index in [0.29, 0.717) is 11.5 Å². The van der Waals surface area contributed by atoms with Gasteiger partial charge in [0.15, 0.2) is 11.5 Å². The molecule has 102 valence electrons. The number of hydrogen-bond donors (Lipinski definition) is 1. The summed E-state index contributed by atoms with van der Waals surface area (Å²) in [6, 6.07) is 3.15. The van der Waals surface area contributed by atoms with Gasteiger partial charge < -0.3 is 5.11 Å².